The van der Waals surface area contributed by atoms with Crippen LogP contribution in [-0.2, 0) is 9.59 Å². The van der Waals surface area contributed by atoms with Gasteiger partial charge in [0, 0.05) is 5.57 Å². The molecule has 3 rings (SSSR count). The highest BCUT2D eigenvalue weighted by Crippen LogP contribution is 2.43. The Kier molecular flexibility index (Phi) is 4.02. The van der Waals surface area contributed by atoms with Crippen LogP contribution in [0.5, 0.6) is 0 Å². The summed E-state index contributed by atoms with van der Waals surface area (Å²) in [6.45, 7) is 4.03. The van der Waals surface area contributed by atoms with Crippen LogP contribution in [0.2, 0.25) is 0 Å². The lowest BCUT2D eigenvalue weighted by Crippen LogP contribution is -2.44. The molecule has 1 heterocycles. The summed E-state index contributed by atoms with van der Waals surface area (Å²) in [5.74, 6) is 0.379. The molecule has 0 radical (unpaired) electrons. The minimum atomic E-state index is -0.511. The van der Waals surface area contributed by atoms with Crippen molar-refractivity contribution in [1.29, 1.82) is 0 Å². The Bertz CT molecular complexity index is 582. The van der Waals surface area contributed by atoms with Gasteiger partial charge in [0.2, 0.25) is 0 Å². The molecule has 1 saturated carbocycles. The quantitative estimate of drug-likeness (QED) is 0.800. The van der Waals surface area contributed by atoms with E-state index < -0.39 is 5.41 Å². The van der Waals surface area contributed by atoms with Gasteiger partial charge in [0.15, 0.2) is 5.78 Å². The summed E-state index contributed by atoms with van der Waals surface area (Å²) in [5.41, 5.74) is 1.13. The van der Waals surface area contributed by atoms with Crippen LogP contribution in [0.25, 0.3) is 0 Å². The maximum Gasteiger partial charge on any atom is 0.255 e. The van der Waals surface area contributed by atoms with E-state index >= 15 is 0 Å². The highest BCUT2D eigenvalue weighted by molar-refractivity contribution is 6.12. The Morgan fingerprint density at radius 3 is 2.73 bits per heavy atom. The number of carbonyl (C=O) groups excluding carboxylic acids is 2. The highest BCUT2D eigenvalue weighted by atomic mass is 16.2. The van der Waals surface area contributed by atoms with Crippen molar-refractivity contribution in [2.24, 2.45) is 16.4 Å². The standard InChI is InChI=1S/C18H24N2O2/c1-13-18(2,15-10-4-3-5-11-15)17(22)20(19-13)12-16(21)14-8-6-7-9-14/h6-8,15H,3-5,9-12H2,1-2H3. The summed E-state index contributed by atoms with van der Waals surface area (Å²) in [6, 6.07) is 0. The van der Waals surface area contributed by atoms with E-state index in [9.17, 15) is 9.59 Å². The van der Waals surface area contributed by atoms with Crippen LogP contribution in [0.3, 0.4) is 0 Å². The second-order valence-corrected chi connectivity index (χ2v) is 6.83. The van der Waals surface area contributed by atoms with Crippen LogP contribution in [-0.4, -0.2) is 29.0 Å². The van der Waals surface area contributed by atoms with Gasteiger partial charge in [-0.05, 0) is 39.0 Å². The van der Waals surface area contributed by atoms with Crippen LogP contribution in [0.15, 0.2) is 28.9 Å². The van der Waals surface area contributed by atoms with Gasteiger partial charge in [0.25, 0.3) is 5.91 Å². The minimum Gasteiger partial charge on any atom is -0.292 e. The number of hydrogen-bond acceptors (Lipinski definition) is 3. The molecule has 1 unspecified atom stereocenters. The minimum absolute atomic E-state index is 0.00259. The van der Waals surface area contributed by atoms with Crippen LogP contribution in [0.1, 0.15) is 52.4 Å². The topological polar surface area (TPSA) is 49.7 Å². The maximum atomic E-state index is 12.9. The summed E-state index contributed by atoms with van der Waals surface area (Å²) >= 11 is 0. The largest absolute Gasteiger partial charge is 0.292 e. The first kappa shape index (κ1) is 15.2. The summed E-state index contributed by atoms with van der Waals surface area (Å²) in [5, 5.41) is 5.85. The van der Waals surface area contributed by atoms with Crippen molar-refractivity contribution in [3.63, 3.8) is 0 Å². The fraction of sp³-hybridized carbons (Fsp3) is 0.611. The van der Waals surface area contributed by atoms with E-state index in [0.717, 1.165) is 24.1 Å². The molecule has 22 heavy (non-hydrogen) atoms. The first-order valence-electron chi connectivity index (χ1n) is 8.30. The van der Waals surface area contributed by atoms with Crippen molar-refractivity contribution in [3.05, 3.63) is 23.8 Å². The molecule has 1 amide bonds. The van der Waals surface area contributed by atoms with E-state index in [-0.39, 0.29) is 18.2 Å². The number of nitrogens with zero attached hydrogens (tertiary/aromatic N) is 2. The van der Waals surface area contributed by atoms with Crippen LogP contribution >= 0.6 is 0 Å². The van der Waals surface area contributed by atoms with Crippen molar-refractivity contribution < 1.29 is 9.59 Å². The molecule has 0 aromatic rings. The number of ketones is 1. The predicted molar refractivity (Wildman–Crippen MR) is 86.4 cm³/mol. The molecule has 1 atom stereocenters. The third kappa shape index (κ3) is 2.44. The molecular weight excluding hydrogens is 276 g/mol. The lowest BCUT2D eigenvalue weighted by atomic mass is 9.67. The molecule has 0 aromatic heterocycles. The monoisotopic (exact) mass is 300 g/mol. The van der Waals surface area contributed by atoms with Gasteiger partial charge in [-0.3, -0.25) is 9.59 Å². The average Bonchev–Trinajstić information content (AvgIpc) is 3.13. The Morgan fingerprint density at radius 2 is 2.09 bits per heavy atom. The summed E-state index contributed by atoms with van der Waals surface area (Å²) in [4.78, 5) is 25.2. The van der Waals surface area contributed by atoms with Crippen molar-refractivity contribution in [2.75, 3.05) is 6.54 Å². The van der Waals surface area contributed by atoms with Gasteiger partial charge in [-0.15, -0.1) is 0 Å². The second kappa shape index (κ2) is 5.82. The van der Waals surface area contributed by atoms with E-state index in [1.807, 2.05) is 32.1 Å². The van der Waals surface area contributed by atoms with E-state index in [1.54, 1.807) is 0 Å². The second-order valence-electron chi connectivity index (χ2n) is 6.83. The molecule has 4 nitrogen and oxygen atoms in total. The predicted octanol–water partition coefficient (Wildman–Crippen LogP) is 3.25. The normalized spacial score (nSPS) is 29.0. The molecule has 4 heteroatoms. The molecule has 1 fully saturated rings. The molecule has 0 N–H and O–H groups in total. The van der Waals surface area contributed by atoms with E-state index in [0.29, 0.717) is 12.3 Å². The van der Waals surface area contributed by atoms with Crippen molar-refractivity contribution in [3.8, 4) is 0 Å². The SMILES string of the molecule is CC1=NN(CC(=O)C2=CC=CC2)C(=O)C1(C)C1CCCCC1. The molecule has 0 bridgehead atoms. The van der Waals surface area contributed by atoms with Crippen LogP contribution < -0.4 is 0 Å². The van der Waals surface area contributed by atoms with Gasteiger partial charge in [-0.25, -0.2) is 5.01 Å². The smallest absolute Gasteiger partial charge is 0.255 e. The number of Topliss-reactive ketones (excluding diaryl/α,β-unsaturated/α-hetero) is 1. The Hall–Kier alpha value is -1.71. The average molecular weight is 300 g/mol. The summed E-state index contributed by atoms with van der Waals surface area (Å²) in [7, 11) is 0. The lowest BCUT2D eigenvalue weighted by Gasteiger charge is -2.35. The Balaban J connectivity index is 1.73. The highest BCUT2D eigenvalue weighted by Gasteiger charge is 2.50. The third-order valence-corrected chi connectivity index (χ3v) is 5.55. The molecule has 118 valence electrons. The van der Waals surface area contributed by atoms with Crippen molar-refractivity contribution in [1.82, 2.24) is 5.01 Å². The number of rotatable bonds is 4. The van der Waals surface area contributed by atoms with Crippen LogP contribution in [0, 0.1) is 11.3 Å². The zero-order chi connectivity index (χ0) is 15.7. The van der Waals surface area contributed by atoms with Crippen molar-refractivity contribution in [2.45, 2.75) is 52.4 Å². The first-order valence-corrected chi connectivity index (χ1v) is 8.30. The molecule has 1 aliphatic heterocycles. The van der Waals surface area contributed by atoms with Gasteiger partial charge in [-0.1, -0.05) is 37.5 Å². The molecule has 0 aromatic carbocycles. The van der Waals surface area contributed by atoms with Gasteiger partial charge < -0.3 is 0 Å². The number of allylic oxidation sites excluding steroid dienone is 3. The number of amides is 1. The zero-order valence-electron chi connectivity index (χ0n) is 13.5. The van der Waals surface area contributed by atoms with Crippen molar-refractivity contribution >= 4 is 17.4 Å². The maximum absolute atomic E-state index is 12.9. The third-order valence-electron chi connectivity index (χ3n) is 5.55. The van der Waals surface area contributed by atoms with Gasteiger partial charge >= 0.3 is 0 Å². The van der Waals surface area contributed by atoms with Crippen LogP contribution in [0.4, 0.5) is 0 Å². The number of hydrogen-bond donors (Lipinski definition) is 0. The Labute approximate surface area is 131 Å². The van der Waals surface area contributed by atoms with Gasteiger partial charge in [0.1, 0.15) is 6.54 Å². The first-order chi connectivity index (χ1) is 10.5. The molecular formula is C18H24N2O2. The lowest BCUT2D eigenvalue weighted by molar-refractivity contribution is -0.140. The summed E-state index contributed by atoms with van der Waals surface area (Å²) < 4.78 is 0. The molecule has 0 saturated heterocycles. The fourth-order valence-corrected chi connectivity index (χ4v) is 3.90. The number of carbonyl (C=O) groups is 2. The Morgan fingerprint density at radius 1 is 1.36 bits per heavy atom. The number of hydrazone groups is 1. The fourth-order valence-electron chi connectivity index (χ4n) is 3.90. The summed E-state index contributed by atoms with van der Waals surface area (Å²) in [6.07, 6.45) is 12.2. The van der Waals surface area contributed by atoms with E-state index in [4.69, 9.17) is 0 Å². The molecule has 2 aliphatic carbocycles. The van der Waals surface area contributed by atoms with Gasteiger partial charge in [-0.2, -0.15) is 5.10 Å². The van der Waals surface area contributed by atoms with E-state index in [1.165, 1.54) is 24.3 Å². The molecule has 3 aliphatic rings. The zero-order valence-corrected chi connectivity index (χ0v) is 13.5. The molecule has 0 spiro atoms. The van der Waals surface area contributed by atoms with E-state index in [2.05, 4.69) is 5.10 Å². The van der Waals surface area contributed by atoms with Gasteiger partial charge in [0.05, 0.1) is 11.1 Å².